The molecule has 1 aliphatic heterocycles. The van der Waals surface area contributed by atoms with Gasteiger partial charge >= 0.3 is 5.97 Å². The van der Waals surface area contributed by atoms with Gasteiger partial charge in [-0.2, -0.15) is 0 Å². The number of hydrogen-bond donors (Lipinski definition) is 6. The number of aliphatic hydroxyl groups excluding tert-OH is 5. The highest BCUT2D eigenvalue weighted by Gasteiger charge is 2.71. The van der Waals surface area contributed by atoms with Crippen molar-refractivity contribution in [1.82, 2.24) is 0 Å². The normalized spacial score (nSPS) is 53.6. The van der Waals surface area contributed by atoms with Crippen LogP contribution in [0, 0.1) is 50.2 Å². The second kappa shape index (κ2) is 10.7. The lowest BCUT2D eigenvalue weighted by atomic mass is 9.33. The van der Waals surface area contributed by atoms with E-state index in [4.69, 9.17) is 9.47 Å². The van der Waals surface area contributed by atoms with E-state index < -0.39 is 54.8 Å². The number of aliphatic carboxylic acids is 1. The van der Waals surface area contributed by atoms with E-state index in [0.717, 1.165) is 44.9 Å². The van der Waals surface area contributed by atoms with E-state index in [2.05, 4.69) is 54.5 Å². The predicted octanol–water partition coefficient (Wildman–Crippen LogP) is 4.03. The molecule has 14 atom stereocenters. The second-order valence-corrected chi connectivity index (χ2v) is 18.0. The fourth-order valence-electron chi connectivity index (χ4n) is 12.3. The molecule has 9 nitrogen and oxygen atoms in total. The second-order valence-electron chi connectivity index (χ2n) is 18.0. The van der Waals surface area contributed by atoms with Crippen LogP contribution in [0.15, 0.2) is 11.6 Å². The fraction of sp³-hybridized carbons (Fsp3) is 0.917. The van der Waals surface area contributed by atoms with Crippen molar-refractivity contribution < 1.29 is 44.9 Å². The smallest absolute Gasteiger partial charge is 0.312 e. The van der Waals surface area contributed by atoms with Crippen LogP contribution in [-0.2, 0) is 14.3 Å². The van der Waals surface area contributed by atoms with Crippen LogP contribution in [0.4, 0.5) is 0 Å². The average Bonchev–Trinajstić information content (AvgIpc) is 2.94. The van der Waals surface area contributed by atoms with E-state index in [1.54, 1.807) is 0 Å². The Morgan fingerprint density at radius 3 is 2.22 bits per heavy atom. The first kappa shape index (κ1) is 33.8. The Hall–Kier alpha value is -1.07. The summed E-state index contributed by atoms with van der Waals surface area (Å²) in [5.74, 6) is -0.382. The zero-order chi connectivity index (χ0) is 33.1. The highest BCUT2D eigenvalue weighted by molar-refractivity contribution is 5.77. The summed E-state index contributed by atoms with van der Waals surface area (Å²) in [6, 6.07) is 0. The van der Waals surface area contributed by atoms with Gasteiger partial charge in [0.2, 0.25) is 0 Å². The number of carbonyl (C=O) groups is 1. The number of rotatable bonds is 4. The van der Waals surface area contributed by atoms with Crippen molar-refractivity contribution in [1.29, 1.82) is 0 Å². The summed E-state index contributed by atoms with van der Waals surface area (Å²) in [5.41, 5.74) is -0.571. The average molecular weight is 635 g/mol. The number of fused-ring (bicyclic) bond motifs is 7. The zero-order valence-electron chi connectivity index (χ0n) is 28.3. The molecule has 5 fully saturated rings. The van der Waals surface area contributed by atoms with Crippen molar-refractivity contribution in [2.45, 2.75) is 149 Å². The van der Waals surface area contributed by atoms with Crippen molar-refractivity contribution in [2.24, 2.45) is 50.2 Å². The van der Waals surface area contributed by atoms with Gasteiger partial charge in [-0.05, 0) is 103 Å². The molecule has 45 heavy (non-hydrogen) atoms. The minimum absolute atomic E-state index is 0.0210. The Bertz CT molecular complexity index is 1210. The van der Waals surface area contributed by atoms with Gasteiger partial charge in [0, 0.05) is 0 Å². The Morgan fingerprint density at radius 1 is 0.889 bits per heavy atom. The van der Waals surface area contributed by atoms with Crippen LogP contribution in [0.1, 0.15) is 106 Å². The molecular formula is C36H58O9. The number of allylic oxidation sites excluding steroid dienone is 2. The largest absolute Gasteiger partial charge is 0.481 e. The van der Waals surface area contributed by atoms with Crippen LogP contribution in [0.25, 0.3) is 0 Å². The molecule has 6 N–H and O–H groups in total. The number of carboxylic acid groups (broad SMARTS) is 1. The Balaban J connectivity index is 1.31. The molecule has 0 unspecified atom stereocenters. The Morgan fingerprint density at radius 2 is 1.58 bits per heavy atom. The van der Waals surface area contributed by atoms with E-state index in [1.807, 2.05) is 0 Å². The van der Waals surface area contributed by atoms with Crippen molar-refractivity contribution in [2.75, 3.05) is 6.61 Å². The van der Waals surface area contributed by atoms with Crippen molar-refractivity contribution in [3.8, 4) is 0 Å². The first-order chi connectivity index (χ1) is 20.8. The van der Waals surface area contributed by atoms with Crippen LogP contribution in [0.3, 0.4) is 0 Å². The van der Waals surface area contributed by atoms with Gasteiger partial charge in [0.15, 0.2) is 6.29 Å². The molecular weight excluding hydrogens is 576 g/mol. The first-order valence-corrected chi connectivity index (χ1v) is 17.4. The Kier molecular flexibility index (Phi) is 8.05. The summed E-state index contributed by atoms with van der Waals surface area (Å²) < 4.78 is 12.2. The van der Waals surface area contributed by atoms with Gasteiger partial charge in [0.05, 0.1) is 18.8 Å². The van der Waals surface area contributed by atoms with E-state index in [0.29, 0.717) is 24.7 Å². The van der Waals surface area contributed by atoms with Gasteiger partial charge in [-0.15, -0.1) is 0 Å². The van der Waals surface area contributed by atoms with Crippen LogP contribution in [0.5, 0.6) is 0 Å². The van der Waals surface area contributed by atoms with Crippen LogP contribution in [0.2, 0.25) is 0 Å². The third-order valence-corrected chi connectivity index (χ3v) is 15.2. The summed E-state index contributed by atoms with van der Waals surface area (Å²) in [6.45, 7) is 15.6. The molecule has 1 heterocycles. The highest BCUT2D eigenvalue weighted by atomic mass is 16.7. The third kappa shape index (κ3) is 4.54. The SMILES string of the molecule is CC1(C)CC[C@@]2(C(=O)O)[C@H](O)C[C@@]3(C)C(=CC[C@H]4[C@]5(C)CC[C@@H](O[C@H]6O[C@@H](CO)[C@H](O)[C@@H](O)[C@@H]6O)C(C)(C)[C@H]5CC[C@@]43C)[C@H]2C1. The molecule has 0 aromatic rings. The summed E-state index contributed by atoms with van der Waals surface area (Å²) in [7, 11) is 0. The minimum atomic E-state index is -1.47. The maximum Gasteiger partial charge on any atom is 0.312 e. The zero-order valence-corrected chi connectivity index (χ0v) is 28.3. The lowest BCUT2D eigenvalue weighted by Gasteiger charge is -2.71. The van der Waals surface area contributed by atoms with Gasteiger partial charge in [-0.1, -0.05) is 60.1 Å². The molecule has 0 bridgehead atoms. The maximum atomic E-state index is 13.0. The summed E-state index contributed by atoms with van der Waals surface area (Å²) in [4.78, 5) is 13.0. The Labute approximate surface area is 268 Å². The molecule has 0 aromatic heterocycles. The monoisotopic (exact) mass is 634 g/mol. The summed E-state index contributed by atoms with van der Waals surface area (Å²) in [5, 5.41) is 63.5. The molecule has 0 radical (unpaired) electrons. The molecule has 0 amide bonds. The molecule has 4 saturated carbocycles. The maximum absolute atomic E-state index is 13.0. The van der Waals surface area contributed by atoms with Crippen molar-refractivity contribution in [3.63, 3.8) is 0 Å². The topological polar surface area (TPSA) is 157 Å². The van der Waals surface area contributed by atoms with E-state index in [-0.39, 0.29) is 39.1 Å². The van der Waals surface area contributed by atoms with Crippen LogP contribution >= 0.6 is 0 Å². The minimum Gasteiger partial charge on any atom is -0.481 e. The number of aliphatic hydroxyl groups is 5. The molecule has 0 aromatic carbocycles. The molecule has 9 heteroatoms. The molecule has 0 spiro atoms. The summed E-state index contributed by atoms with van der Waals surface area (Å²) >= 11 is 0. The molecule has 1 saturated heterocycles. The van der Waals surface area contributed by atoms with Crippen molar-refractivity contribution in [3.05, 3.63) is 11.6 Å². The molecule has 256 valence electrons. The van der Waals surface area contributed by atoms with Crippen LogP contribution in [-0.4, -0.2) is 86.1 Å². The molecule has 6 rings (SSSR count). The van der Waals surface area contributed by atoms with Gasteiger partial charge in [-0.3, -0.25) is 4.79 Å². The number of carboxylic acids is 1. The van der Waals surface area contributed by atoms with E-state index in [1.165, 1.54) is 5.57 Å². The molecule has 6 aliphatic rings. The highest BCUT2D eigenvalue weighted by Crippen LogP contribution is 2.76. The number of hydrogen-bond acceptors (Lipinski definition) is 8. The third-order valence-electron chi connectivity index (χ3n) is 15.2. The lowest BCUT2D eigenvalue weighted by molar-refractivity contribution is -0.330. The van der Waals surface area contributed by atoms with E-state index >= 15 is 0 Å². The van der Waals surface area contributed by atoms with Gasteiger partial charge < -0.3 is 40.1 Å². The standard InChI is InChI=1S/C36H58O9/c1-31(2)14-15-36(30(42)43)20(16-31)19-8-9-23-33(5)12-11-25(45-29-28(41)27(40)26(39)21(18-37)44-29)32(3,4)22(33)10-13-34(23,6)35(19,7)17-24(36)38/h8,20-29,37-41H,9-18H2,1-7H3,(H,42,43)/t20-,21+,22-,23+,24-,25-,26+,27-,28+,29-,33-,34+,35+,36+/m1/s1. The molecule has 5 aliphatic carbocycles. The predicted molar refractivity (Wildman–Crippen MR) is 167 cm³/mol. The quantitative estimate of drug-likeness (QED) is 0.199. The first-order valence-electron chi connectivity index (χ1n) is 17.4. The van der Waals surface area contributed by atoms with Crippen molar-refractivity contribution >= 4 is 5.97 Å². The van der Waals surface area contributed by atoms with E-state index in [9.17, 15) is 35.4 Å². The van der Waals surface area contributed by atoms with Crippen LogP contribution < -0.4 is 0 Å². The number of ether oxygens (including phenoxy) is 2. The van der Waals surface area contributed by atoms with Gasteiger partial charge in [0.25, 0.3) is 0 Å². The fourth-order valence-corrected chi connectivity index (χ4v) is 12.3. The summed E-state index contributed by atoms with van der Waals surface area (Å²) in [6.07, 6.45) is 1.79. The van der Waals surface area contributed by atoms with Gasteiger partial charge in [-0.25, -0.2) is 0 Å². The lowest BCUT2D eigenvalue weighted by Crippen LogP contribution is -2.68. The van der Waals surface area contributed by atoms with Gasteiger partial charge in [0.1, 0.15) is 29.8 Å².